The van der Waals surface area contributed by atoms with Crippen LogP contribution in [-0.4, -0.2) is 44.6 Å². The predicted molar refractivity (Wildman–Crippen MR) is 74.2 cm³/mol. The maximum atomic E-state index is 12.7. The molecule has 0 aromatic carbocycles. The van der Waals surface area contributed by atoms with Crippen LogP contribution in [0, 0.1) is 12.3 Å². The maximum Gasteiger partial charge on any atom is 0.257 e. The summed E-state index contributed by atoms with van der Waals surface area (Å²) in [6, 6.07) is 0.234. The highest BCUT2D eigenvalue weighted by Gasteiger charge is 2.49. The van der Waals surface area contributed by atoms with Gasteiger partial charge in [-0.25, -0.2) is 9.97 Å². The summed E-state index contributed by atoms with van der Waals surface area (Å²) in [5.41, 5.74) is 1.38. The summed E-state index contributed by atoms with van der Waals surface area (Å²) in [6.07, 6.45) is 6.30. The van der Waals surface area contributed by atoms with Gasteiger partial charge in [-0.3, -0.25) is 4.79 Å². The van der Waals surface area contributed by atoms with E-state index in [4.69, 9.17) is 0 Å². The third-order valence-electron chi connectivity index (χ3n) is 4.98. The molecule has 2 aliphatic rings. The summed E-state index contributed by atoms with van der Waals surface area (Å²) in [4.78, 5) is 22.8. The van der Waals surface area contributed by atoms with Gasteiger partial charge in [-0.05, 0) is 38.0 Å². The molecule has 108 valence electrons. The molecule has 3 rings (SSSR count). The molecule has 0 radical (unpaired) electrons. The van der Waals surface area contributed by atoms with Crippen LogP contribution in [0.4, 0.5) is 0 Å². The second kappa shape index (κ2) is 4.81. The van der Waals surface area contributed by atoms with Crippen molar-refractivity contribution in [1.82, 2.24) is 14.9 Å². The SMILES string of the molecule is Cc1ncncc1C(=O)N1CC[C@@]2(C)C[C@H](O)CC[C@@H]12. The van der Waals surface area contributed by atoms with Crippen molar-refractivity contribution >= 4 is 5.91 Å². The molecular formula is C15H21N3O2. The first-order valence-electron chi connectivity index (χ1n) is 7.27. The van der Waals surface area contributed by atoms with Crippen molar-refractivity contribution < 1.29 is 9.90 Å². The number of aliphatic hydroxyl groups is 1. The van der Waals surface area contributed by atoms with Gasteiger partial charge in [0, 0.05) is 18.8 Å². The molecule has 1 amide bonds. The first kappa shape index (κ1) is 13.5. The van der Waals surface area contributed by atoms with Crippen molar-refractivity contribution in [3.8, 4) is 0 Å². The third-order valence-corrected chi connectivity index (χ3v) is 4.98. The quantitative estimate of drug-likeness (QED) is 0.844. The van der Waals surface area contributed by atoms with Crippen LogP contribution in [0.15, 0.2) is 12.5 Å². The lowest BCUT2D eigenvalue weighted by Gasteiger charge is -2.41. The lowest BCUT2D eigenvalue weighted by molar-refractivity contribution is 0.0210. The largest absolute Gasteiger partial charge is 0.393 e. The molecule has 5 nitrogen and oxygen atoms in total. The standard InChI is InChI=1S/C15H21N3O2/c1-10-12(8-16-9-17-10)14(20)18-6-5-15(2)7-11(19)3-4-13(15)18/h8-9,11,13,19H,3-7H2,1-2H3/t11-,13-,15+/m1/s1. The van der Waals surface area contributed by atoms with Crippen molar-refractivity contribution in [3.05, 3.63) is 23.8 Å². The van der Waals surface area contributed by atoms with E-state index in [1.807, 2.05) is 11.8 Å². The van der Waals surface area contributed by atoms with Crippen LogP contribution >= 0.6 is 0 Å². The normalized spacial score (nSPS) is 33.0. The summed E-state index contributed by atoms with van der Waals surface area (Å²) in [6.45, 7) is 4.80. The molecule has 5 heteroatoms. The Hall–Kier alpha value is -1.49. The first-order valence-corrected chi connectivity index (χ1v) is 7.27. The number of aliphatic hydroxyl groups excluding tert-OH is 1. The number of carbonyl (C=O) groups excluding carboxylic acids is 1. The fourth-order valence-electron chi connectivity index (χ4n) is 3.81. The number of nitrogens with zero attached hydrogens (tertiary/aromatic N) is 3. The van der Waals surface area contributed by atoms with Gasteiger partial charge in [0.25, 0.3) is 5.91 Å². The third kappa shape index (κ3) is 2.10. The van der Waals surface area contributed by atoms with Gasteiger partial charge in [0.15, 0.2) is 0 Å². The molecule has 1 aliphatic heterocycles. The maximum absolute atomic E-state index is 12.7. The van der Waals surface area contributed by atoms with Gasteiger partial charge in [-0.15, -0.1) is 0 Å². The zero-order valence-corrected chi connectivity index (χ0v) is 12.0. The molecule has 2 heterocycles. The van der Waals surface area contributed by atoms with Crippen LogP contribution in [-0.2, 0) is 0 Å². The summed E-state index contributed by atoms with van der Waals surface area (Å²) < 4.78 is 0. The highest BCUT2D eigenvalue weighted by Crippen LogP contribution is 2.46. The number of rotatable bonds is 1. The molecule has 0 spiro atoms. The summed E-state index contributed by atoms with van der Waals surface area (Å²) in [5.74, 6) is 0.0354. The zero-order valence-electron chi connectivity index (χ0n) is 12.0. The Morgan fingerprint density at radius 3 is 3.05 bits per heavy atom. The number of hydrogen-bond acceptors (Lipinski definition) is 4. The Morgan fingerprint density at radius 2 is 2.30 bits per heavy atom. The van der Waals surface area contributed by atoms with E-state index in [1.165, 1.54) is 6.33 Å². The van der Waals surface area contributed by atoms with Gasteiger partial charge < -0.3 is 10.0 Å². The van der Waals surface area contributed by atoms with Crippen molar-refractivity contribution in [2.24, 2.45) is 5.41 Å². The summed E-state index contributed by atoms with van der Waals surface area (Å²) in [5, 5.41) is 9.88. The van der Waals surface area contributed by atoms with E-state index in [9.17, 15) is 9.90 Å². The van der Waals surface area contributed by atoms with Gasteiger partial charge in [-0.1, -0.05) is 6.92 Å². The molecule has 1 aromatic rings. The molecule has 1 aromatic heterocycles. The Balaban J connectivity index is 1.86. The fourth-order valence-corrected chi connectivity index (χ4v) is 3.81. The van der Waals surface area contributed by atoms with Gasteiger partial charge >= 0.3 is 0 Å². The first-order chi connectivity index (χ1) is 9.51. The minimum atomic E-state index is -0.215. The molecule has 2 fully saturated rings. The smallest absolute Gasteiger partial charge is 0.257 e. The van der Waals surface area contributed by atoms with Gasteiger partial charge in [0.1, 0.15) is 6.33 Å². The highest BCUT2D eigenvalue weighted by molar-refractivity contribution is 5.95. The average molecular weight is 275 g/mol. The van der Waals surface area contributed by atoms with Crippen LogP contribution in [0.2, 0.25) is 0 Å². The zero-order chi connectivity index (χ0) is 14.3. The van der Waals surface area contributed by atoms with E-state index in [0.717, 1.165) is 37.9 Å². The van der Waals surface area contributed by atoms with Crippen LogP contribution in [0.3, 0.4) is 0 Å². The number of likely N-dealkylation sites (tertiary alicyclic amines) is 1. The number of aryl methyl sites for hydroxylation is 1. The summed E-state index contributed by atoms with van der Waals surface area (Å²) in [7, 11) is 0. The van der Waals surface area contributed by atoms with Crippen LogP contribution in [0.5, 0.6) is 0 Å². The second-order valence-electron chi connectivity index (χ2n) is 6.38. The van der Waals surface area contributed by atoms with Gasteiger partial charge in [-0.2, -0.15) is 0 Å². The molecule has 0 bridgehead atoms. The number of amides is 1. The number of fused-ring (bicyclic) bond motifs is 1. The van der Waals surface area contributed by atoms with Crippen molar-refractivity contribution in [3.63, 3.8) is 0 Å². The highest BCUT2D eigenvalue weighted by atomic mass is 16.3. The average Bonchev–Trinajstić information content (AvgIpc) is 2.74. The second-order valence-corrected chi connectivity index (χ2v) is 6.38. The molecule has 1 N–H and O–H groups in total. The lowest BCUT2D eigenvalue weighted by atomic mass is 9.71. The molecular weight excluding hydrogens is 254 g/mol. The minimum Gasteiger partial charge on any atom is -0.393 e. The molecule has 3 atom stereocenters. The van der Waals surface area contributed by atoms with E-state index < -0.39 is 0 Å². The summed E-state index contributed by atoms with van der Waals surface area (Å²) >= 11 is 0. The lowest BCUT2D eigenvalue weighted by Crippen LogP contribution is -2.46. The van der Waals surface area contributed by atoms with Crippen LogP contribution in [0.1, 0.15) is 48.7 Å². The van der Waals surface area contributed by atoms with E-state index in [1.54, 1.807) is 6.20 Å². The number of hydrogen-bond donors (Lipinski definition) is 1. The molecule has 20 heavy (non-hydrogen) atoms. The van der Waals surface area contributed by atoms with E-state index in [-0.39, 0.29) is 23.5 Å². The van der Waals surface area contributed by atoms with Gasteiger partial charge in [0.05, 0.1) is 17.4 Å². The topological polar surface area (TPSA) is 66.3 Å². The molecule has 1 saturated carbocycles. The Bertz CT molecular complexity index is 534. The number of carbonyl (C=O) groups is 1. The Kier molecular flexibility index (Phi) is 3.24. The van der Waals surface area contributed by atoms with Crippen molar-refractivity contribution in [1.29, 1.82) is 0 Å². The predicted octanol–water partition coefficient (Wildman–Crippen LogP) is 1.55. The van der Waals surface area contributed by atoms with Gasteiger partial charge in [0.2, 0.25) is 0 Å². The number of aromatic nitrogens is 2. The van der Waals surface area contributed by atoms with Crippen LogP contribution in [0.25, 0.3) is 0 Å². The van der Waals surface area contributed by atoms with Crippen molar-refractivity contribution in [2.75, 3.05) is 6.54 Å². The minimum absolute atomic E-state index is 0.0354. The van der Waals surface area contributed by atoms with Crippen LogP contribution < -0.4 is 0 Å². The molecule has 1 aliphatic carbocycles. The molecule has 1 saturated heterocycles. The van der Waals surface area contributed by atoms with E-state index in [0.29, 0.717) is 5.56 Å². The van der Waals surface area contributed by atoms with Crippen molar-refractivity contribution in [2.45, 2.75) is 51.7 Å². The molecule has 0 unspecified atom stereocenters. The Morgan fingerprint density at radius 1 is 1.50 bits per heavy atom. The fraction of sp³-hybridized carbons (Fsp3) is 0.667. The van der Waals surface area contributed by atoms with E-state index >= 15 is 0 Å². The van der Waals surface area contributed by atoms with E-state index in [2.05, 4.69) is 16.9 Å². The Labute approximate surface area is 119 Å². The monoisotopic (exact) mass is 275 g/mol.